The van der Waals surface area contributed by atoms with Crippen molar-refractivity contribution in [3.63, 3.8) is 0 Å². The van der Waals surface area contributed by atoms with Crippen molar-refractivity contribution >= 4 is 21.6 Å². The number of sulfonamides is 1. The van der Waals surface area contributed by atoms with Gasteiger partial charge in [-0.25, -0.2) is 8.42 Å². The lowest BCUT2D eigenvalue weighted by atomic mass is 10.1. The van der Waals surface area contributed by atoms with E-state index in [1.807, 2.05) is 6.07 Å². The van der Waals surface area contributed by atoms with Gasteiger partial charge in [-0.1, -0.05) is 24.3 Å². The second-order valence-electron chi connectivity index (χ2n) is 7.77. The first kappa shape index (κ1) is 26.9. The second kappa shape index (κ2) is 11.3. The minimum atomic E-state index is -4.52. The Morgan fingerprint density at radius 1 is 0.944 bits per heavy atom. The van der Waals surface area contributed by atoms with Crippen molar-refractivity contribution in [2.45, 2.75) is 12.7 Å². The van der Waals surface area contributed by atoms with E-state index in [-0.39, 0.29) is 31.3 Å². The van der Waals surface area contributed by atoms with Gasteiger partial charge in [0.05, 0.1) is 37.7 Å². The number of hydrogen-bond donors (Lipinski definition) is 1. The van der Waals surface area contributed by atoms with E-state index in [0.717, 1.165) is 34.8 Å². The van der Waals surface area contributed by atoms with Gasteiger partial charge in [0.1, 0.15) is 6.61 Å². The molecule has 0 aromatic heterocycles. The lowest BCUT2D eigenvalue weighted by Gasteiger charge is -2.23. The van der Waals surface area contributed by atoms with Gasteiger partial charge in [-0.15, -0.1) is 0 Å². The Bertz CT molecular complexity index is 1280. The predicted molar refractivity (Wildman–Crippen MR) is 130 cm³/mol. The summed E-state index contributed by atoms with van der Waals surface area (Å²) < 4.78 is 74.9. The van der Waals surface area contributed by atoms with Crippen molar-refractivity contribution in [2.24, 2.45) is 0 Å². The van der Waals surface area contributed by atoms with E-state index in [2.05, 4.69) is 5.32 Å². The number of nitrogens with one attached hydrogen (secondary N) is 1. The number of carbonyl (C=O) groups excluding carboxylic acids is 1. The lowest BCUT2D eigenvalue weighted by Crippen LogP contribution is -2.29. The Morgan fingerprint density at radius 2 is 1.56 bits per heavy atom. The van der Waals surface area contributed by atoms with E-state index in [1.54, 1.807) is 42.5 Å². The van der Waals surface area contributed by atoms with Gasteiger partial charge in [-0.05, 0) is 54.1 Å². The number of ether oxygens (including phenoxy) is 2. The summed E-state index contributed by atoms with van der Waals surface area (Å²) in [6, 6.07) is 17.3. The molecule has 36 heavy (non-hydrogen) atoms. The van der Waals surface area contributed by atoms with Gasteiger partial charge in [-0.2, -0.15) is 13.2 Å². The molecule has 0 heterocycles. The van der Waals surface area contributed by atoms with Crippen LogP contribution < -0.4 is 19.1 Å². The Hall–Kier alpha value is -3.73. The molecule has 192 valence electrons. The van der Waals surface area contributed by atoms with Gasteiger partial charge < -0.3 is 14.8 Å². The Kier molecular flexibility index (Phi) is 8.46. The highest BCUT2D eigenvalue weighted by atomic mass is 32.2. The fourth-order valence-corrected chi connectivity index (χ4v) is 4.20. The number of carbonyl (C=O) groups is 1. The van der Waals surface area contributed by atoms with Crippen LogP contribution in [-0.2, 0) is 22.7 Å². The molecule has 1 amide bonds. The highest BCUT2D eigenvalue weighted by molar-refractivity contribution is 7.92. The van der Waals surface area contributed by atoms with Crippen LogP contribution in [0.5, 0.6) is 11.5 Å². The smallest absolute Gasteiger partial charge is 0.416 e. The number of rotatable bonds is 10. The molecule has 1 N–H and O–H groups in total. The molecule has 0 atom stereocenters. The van der Waals surface area contributed by atoms with E-state index in [9.17, 15) is 26.4 Å². The number of nitrogens with zero attached hydrogens (tertiary/aromatic N) is 1. The minimum Gasteiger partial charge on any atom is -0.493 e. The van der Waals surface area contributed by atoms with E-state index in [1.165, 1.54) is 7.11 Å². The lowest BCUT2D eigenvalue weighted by molar-refractivity contribution is -0.137. The van der Waals surface area contributed by atoms with Crippen LogP contribution in [0, 0.1) is 0 Å². The van der Waals surface area contributed by atoms with Crippen LogP contribution in [0.15, 0.2) is 72.8 Å². The first-order valence-electron chi connectivity index (χ1n) is 10.8. The highest BCUT2D eigenvalue weighted by Gasteiger charge is 2.30. The quantitative estimate of drug-likeness (QED) is 0.397. The summed E-state index contributed by atoms with van der Waals surface area (Å²) in [7, 11) is -2.25. The number of methoxy groups -OCH3 is 1. The molecule has 7 nitrogen and oxygen atoms in total. The molecule has 0 saturated carbocycles. The summed E-state index contributed by atoms with van der Waals surface area (Å²) in [4.78, 5) is 12.4. The molecule has 0 radical (unpaired) electrons. The third-order valence-electron chi connectivity index (χ3n) is 5.14. The first-order chi connectivity index (χ1) is 17.0. The summed E-state index contributed by atoms with van der Waals surface area (Å²) >= 11 is 0. The van der Waals surface area contributed by atoms with E-state index in [4.69, 9.17) is 9.47 Å². The van der Waals surface area contributed by atoms with Crippen LogP contribution in [0.4, 0.5) is 18.9 Å². The molecule has 0 unspecified atom stereocenters. The number of anilines is 1. The van der Waals surface area contributed by atoms with Gasteiger partial charge >= 0.3 is 6.18 Å². The van der Waals surface area contributed by atoms with Gasteiger partial charge in [0.15, 0.2) is 11.5 Å². The second-order valence-corrected chi connectivity index (χ2v) is 9.67. The topological polar surface area (TPSA) is 84.9 Å². The number of para-hydroxylation sites is 2. The molecule has 0 spiro atoms. The van der Waals surface area contributed by atoms with Crippen LogP contribution in [0.25, 0.3) is 0 Å². The van der Waals surface area contributed by atoms with Gasteiger partial charge in [0.2, 0.25) is 10.0 Å². The third kappa shape index (κ3) is 7.14. The molecular formula is C25H25F3N2O5S. The Labute approximate surface area is 207 Å². The van der Waals surface area contributed by atoms with Gasteiger partial charge in [-0.3, -0.25) is 9.10 Å². The highest BCUT2D eigenvalue weighted by Crippen LogP contribution is 2.31. The molecule has 0 fully saturated rings. The number of amides is 1. The van der Waals surface area contributed by atoms with Crippen LogP contribution in [0.1, 0.15) is 21.5 Å². The van der Waals surface area contributed by atoms with Crippen LogP contribution in [0.3, 0.4) is 0 Å². The first-order valence-corrected chi connectivity index (χ1v) is 12.6. The van der Waals surface area contributed by atoms with E-state index >= 15 is 0 Å². The van der Waals surface area contributed by atoms with Crippen LogP contribution >= 0.6 is 0 Å². The average molecular weight is 523 g/mol. The molecular weight excluding hydrogens is 497 g/mol. The molecule has 3 aromatic rings. The summed E-state index contributed by atoms with van der Waals surface area (Å²) in [6.45, 7) is 0.355. The zero-order valence-electron chi connectivity index (χ0n) is 19.6. The largest absolute Gasteiger partial charge is 0.493 e. The number of halogens is 3. The van der Waals surface area contributed by atoms with Crippen molar-refractivity contribution in [1.82, 2.24) is 5.32 Å². The van der Waals surface area contributed by atoms with E-state index in [0.29, 0.717) is 22.6 Å². The summed E-state index contributed by atoms with van der Waals surface area (Å²) in [5, 5.41) is 2.73. The van der Waals surface area contributed by atoms with Gasteiger partial charge in [0, 0.05) is 5.56 Å². The van der Waals surface area contributed by atoms with Crippen molar-refractivity contribution < 1.29 is 35.9 Å². The number of alkyl halides is 3. The predicted octanol–water partition coefficient (Wildman–Crippen LogP) is 4.49. The van der Waals surface area contributed by atoms with Crippen LogP contribution in [0.2, 0.25) is 0 Å². The molecule has 0 aliphatic rings. The zero-order chi connectivity index (χ0) is 26.3. The fourth-order valence-electron chi connectivity index (χ4n) is 3.31. The third-order valence-corrected chi connectivity index (χ3v) is 6.28. The standard InChI is InChI=1S/C25H25F3N2O5S/c1-34-22-5-3-4-6-23(22)35-16-15-29-24(31)19-9-7-18(8-10-19)17-30(36(2,32)33)21-13-11-20(12-14-21)25(26,27)28/h3-14H,15-17H2,1-2H3,(H,29,31). The SMILES string of the molecule is COc1ccccc1OCCNC(=O)c1ccc(CN(c2ccc(C(F)(F)F)cc2)S(C)(=O)=O)cc1. The Balaban J connectivity index is 1.60. The summed E-state index contributed by atoms with van der Waals surface area (Å²) in [5.41, 5.74) is 0.138. The van der Waals surface area contributed by atoms with Crippen molar-refractivity contribution in [3.05, 3.63) is 89.5 Å². The molecule has 3 rings (SSSR count). The molecule has 0 saturated heterocycles. The van der Waals surface area contributed by atoms with Gasteiger partial charge in [0.25, 0.3) is 5.91 Å². The number of hydrogen-bond acceptors (Lipinski definition) is 5. The van der Waals surface area contributed by atoms with Crippen molar-refractivity contribution in [1.29, 1.82) is 0 Å². The Morgan fingerprint density at radius 3 is 2.11 bits per heavy atom. The normalized spacial score (nSPS) is 11.6. The maximum absolute atomic E-state index is 12.8. The minimum absolute atomic E-state index is 0.0994. The van der Waals surface area contributed by atoms with E-state index < -0.39 is 21.8 Å². The summed E-state index contributed by atoms with van der Waals surface area (Å²) in [5.74, 6) is 0.800. The van der Waals surface area contributed by atoms with Crippen molar-refractivity contribution in [2.75, 3.05) is 30.8 Å². The molecule has 0 aliphatic heterocycles. The maximum Gasteiger partial charge on any atom is 0.416 e. The van der Waals surface area contributed by atoms with Crippen LogP contribution in [-0.4, -0.2) is 40.8 Å². The molecule has 0 bridgehead atoms. The van der Waals surface area contributed by atoms with Crippen molar-refractivity contribution in [3.8, 4) is 11.5 Å². The molecule has 11 heteroatoms. The number of benzene rings is 3. The average Bonchev–Trinajstić information content (AvgIpc) is 2.84. The molecule has 0 aliphatic carbocycles. The molecule has 3 aromatic carbocycles. The fraction of sp³-hybridized carbons (Fsp3) is 0.240. The monoisotopic (exact) mass is 522 g/mol. The summed E-state index contributed by atoms with van der Waals surface area (Å²) in [6.07, 6.45) is -3.55. The zero-order valence-corrected chi connectivity index (χ0v) is 20.4. The maximum atomic E-state index is 12.8.